The Labute approximate surface area is 680 Å². The average Bonchev–Trinajstić information content (AvgIpc) is 3.22. The van der Waals surface area contributed by atoms with E-state index in [1.165, 1.54) is 7.11 Å². The van der Waals surface area contributed by atoms with Crippen molar-refractivity contribution >= 4 is 122 Å². The molecule has 5 heterocycles. The van der Waals surface area contributed by atoms with Crippen molar-refractivity contribution in [1.29, 1.82) is 0 Å². The molecule has 47 heteroatoms. The smallest absolute Gasteiger partial charge is 0.437 e. The second kappa shape index (κ2) is 61.4. The van der Waals surface area contributed by atoms with Gasteiger partial charge in [0.2, 0.25) is 0 Å². The van der Waals surface area contributed by atoms with Gasteiger partial charge in [-0.15, -0.1) is 0 Å². The first-order chi connectivity index (χ1) is 39.3. The molecule has 5 saturated heterocycles. The minimum atomic E-state index is -3.27. The predicted molar refractivity (Wildman–Crippen MR) is 385 cm³/mol. The topological polar surface area (TPSA) is 489 Å². The summed E-state index contributed by atoms with van der Waals surface area (Å²) < 4.78 is 78.9. The third-order valence-electron chi connectivity index (χ3n) is 10.5. The Hall–Kier alpha value is 4.52. The molecule has 0 aromatic heterocycles. The van der Waals surface area contributed by atoms with E-state index in [-0.39, 0.29) is 175 Å². The third-order valence-corrected chi connectivity index (χ3v) is 53.5. The number of aliphatic hydroxyl groups excluding tert-OH is 8. The molecule has 5 aliphatic heterocycles. The van der Waals surface area contributed by atoms with Crippen molar-refractivity contribution in [2.24, 2.45) is 0 Å². The van der Waals surface area contributed by atoms with Crippen LogP contribution in [0.25, 0.3) is 0 Å². The molecule has 29 nitrogen and oxygen atoms in total. The number of rotatable bonds is 17. The first-order valence-electron chi connectivity index (χ1n) is 27.5. The molecule has 5 aliphatic rings. The van der Waals surface area contributed by atoms with Crippen LogP contribution in [0.5, 0.6) is 0 Å². The second-order valence-corrected chi connectivity index (χ2v) is 70.8. The van der Waals surface area contributed by atoms with Gasteiger partial charge >= 0.3 is 78.3 Å². The van der Waals surface area contributed by atoms with Crippen LogP contribution in [0.4, 0.5) is 0 Å². The maximum atomic E-state index is 10.7. The maximum Gasteiger partial charge on any atom is 0.493 e. The summed E-state index contributed by atoms with van der Waals surface area (Å²) in [6.45, 7) is 41.7. The van der Waals surface area contributed by atoms with Gasteiger partial charge < -0.3 is 136 Å². The Morgan fingerprint density at radius 1 is 0.379 bits per heavy atom. The molecule has 2 aromatic carbocycles. The van der Waals surface area contributed by atoms with Crippen LogP contribution in [0.2, 0.25) is 147 Å². The molecule has 2 spiro atoms. The van der Waals surface area contributed by atoms with Crippen LogP contribution in [-0.2, 0) is 185 Å². The van der Waals surface area contributed by atoms with Gasteiger partial charge in [-0.3, -0.25) is 0 Å². The van der Waals surface area contributed by atoms with Crippen molar-refractivity contribution in [3.63, 3.8) is 0 Å². The zero-order valence-electron chi connectivity index (χ0n) is 62.8. The van der Waals surface area contributed by atoms with E-state index in [4.69, 9.17) is 100 Å². The molecule has 2 aromatic rings. The van der Waals surface area contributed by atoms with Gasteiger partial charge in [0.15, 0.2) is 33.3 Å². The molecule has 2 bridgehead atoms. The number of aliphatic hydroxyl groups is 8. The van der Waals surface area contributed by atoms with Crippen LogP contribution in [-0.4, -0.2) is 272 Å². The van der Waals surface area contributed by atoms with Crippen LogP contribution >= 0.6 is 0 Å². The zero-order valence-corrected chi connectivity index (χ0v) is 88.0. The fourth-order valence-electron chi connectivity index (χ4n) is 9.29. The molecular weight excluding hydrogens is 1860 g/mol. The Kier molecular flexibility index (Phi) is 87.4. The third kappa shape index (κ3) is 48.5. The van der Waals surface area contributed by atoms with E-state index in [2.05, 4.69) is 46.2 Å². The molecule has 0 aliphatic carbocycles. The SMILES string of the molecule is CO.CO.CO.CO.CO.CO.CO.CO.CO[Si](O[Si](C)(C)O[Si](C)(C)O)(c1ccccc1)c1ccccc1.CO[Si]1(O)O[Si]23O[Si]4(O2)O[Si](OC)(O[Si](C)(C)C)[C@H](C)[C@@H]4[C@@H]3[C@@H]1C.C[Si](C)(C)O.C[Si](C)(C)O[Si](C)(C)O[Si](C)(O)O[Si](C)(C)C.O.O.O.O.[Zr].[Zr].[Zr].[Zr].[Zr]. The molecular formula is C48H130O29Si13Zr5. The van der Waals surface area contributed by atoms with Crippen molar-refractivity contribution in [3.05, 3.63) is 60.7 Å². The van der Waals surface area contributed by atoms with Gasteiger partial charge in [-0.25, -0.2) is 0 Å². The number of hydrogen-bond acceptors (Lipinski definition) is 25. The Bertz CT molecular complexity index is 1960. The van der Waals surface area contributed by atoms with E-state index in [1.807, 2.05) is 133 Å². The molecule has 20 N–H and O–H groups in total. The van der Waals surface area contributed by atoms with Gasteiger partial charge in [0.05, 0.1) is 0 Å². The summed E-state index contributed by atoms with van der Waals surface area (Å²) in [7, 11) is -19.5. The fourth-order valence-corrected chi connectivity index (χ4v) is 63.8. The molecule has 0 saturated carbocycles. The molecule has 0 radical (unpaired) electrons. The summed E-state index contributed by atoms with van der Waals surface area (Å²) in [5.41, 5.74) is 0.0713. The molecule has 7 atom stereocenters. The van der Waals surface area contributed by atoms with E-state index < -0.39 is 112 Å². The summed E-state index contributed by atoms with van der Waals surface area (Å²) in [6.07, 6.45) is 0. The van der Waals surface area contributed by atoms with Gasteiger partial charge in [-0.2, -0.15) is 0 Å². The molecule has 5 fully saturated rings. The summed E-state index contributed by atoms with van der Waals surface area (Å²) in [5, 5.41) is 58.1. The Morgan fingerprint density at radius 2 is 0.674 bits per heavy atom. The number of benzene rings is 2. The zero-order chi connectivity index (χ0) is 70.2. The largest absolute Gasteiger partial charge is 0.493 e. The van der Waals surface area contributed by atoms with Crippen LogP contribution in [0, 0.1) is 0 Å². The van der Waals surface area contributed by atoms with Gasteiger partial charge in [0.1, 0.15) is 0 Å². The molecule has 95 heavy (non-hydrogen) atoms. The van der Waals surface area contributed by atoms with Crippen LogP contribution in [0.15, 0.2) is 60.7 Å². The van der Waals surface area contributed by atoms with Crippen molar-refractivity contribution in [3.8, 4) is 0 Å². The Balaban J connectivity index is -0.0000000657. The predicted octanol–water partition coefficient (Wildman–Crippen LogP) is 1.18. The van der Waals surface area contributed by atoms with Gasteiger partial charge in [-0.05, 0) is 128 Å². The van der Waals surface area contributed by atoms with Crippen LogP contribution < -0.4 is 10.4 Å². The summed E-state index contributed by atoms with van der Waals surface area (Å²) >= 11 is 0. The molecule has 3 unspecified atom stereocenters. The maximum absolute atomic E-state index is 10.7. The normalized spacial score (nSPS) is 22.4. The van der Waals surface area contributed by atoms with E-state index >= 15 is 0 Å². The minimum Gasteiger partial charge on any atom is -0.437 e. The fraction of sp³-hybridized carbons (Fsp3) is 0.750. The standard InChI is InChI=1S/C17H26O4Si3.C11H26O8Si5.C9H28O4Si4.C3H10OSi.8CH4O.4H2O.5Zr/c1-19-24(16-12-8-6-9-13-16,17-14-10-7-11-15-17)21-23(4,5)20-22(2,3)18;1-8-10-11-9(2)22(14-4,15-20(5,6)7)17-24(11)18-23(10,19-24)16-21(8,12)13-3;1-14(2,3)11-16(7,8)13-17(9,10)12-15(4,5)6;1-5(2,3)4;8*1-2;;;;;;;;;/h6-15,18H,1-5H3;8-12H,1-7H3;10H,1-9H3;4H,1-3H3;8*2H,1H3;4*1H2;;;;;/t;8-,9+,10-,11+,21?,22?,23?,24?;;;;;;;;;;;;;;;;;;;/m.0.................../s1. The van der Waals surface area contributed by atoms with E-state index in [0.29, 0.717) is 0 Å². The monoisotopic (exact) mass is 1980 g/mol. The molecule has 568 valence electrons. The van der Waals surface area contributed by atoms with E-state index in [9.17, 15) is 14.4 Å². The minimum absolute atomic E-state index is 0. The van der Waals surface area contributed by atoms with E-state index in [1.54, 1.807) is 33.9 Å². The molecule has 7 rings (SSSR count). The summed E-state index contributed by atoms with van der Waals surface area (Å²) in [5.74, 6) is 0. The van der Waals surface area contributed by atoms with Crippen LogP contribution in [0.3, 0.4) is 0 Å². The summed E-state index contributed by atoms with van der Waals surface area (Å²) in [4.78, 5) is 39.9. The Morgan fingerprint density at radius 3 is 0.937 bits per heavy atom. The van der Waals surface area contributed by atoms with Crippen molar-refractivity contribution in [2.45, 2.75) is 160 Å². The average molecular weight is 1990 g/mol. The quantitative estimate of drug-likeness (QED) is 0.0989. The van der Waals surface area contributed by atoms with Gasteiger partial charge in [0.25, 0.3) is 0 Å². The first-order valence-corrected chi connectivity index (χ1v) is 61.0. The van der Waals surface area contributed by atoms with Crippen molar-refractivity contribution in [2.75, 3.05) is 78.2 Å². The number of hydrogen-bond donors (Lipinski definition) is 12. The van der Waals surface area contributed by atoms with Gasteiger partial charge in [-0.1, -0.05) is 74.5 Å². The van der Waals surface area contributed by atoms with Crippen LogP contribution in [0.1, 0.15) is 13.8 Å². The van der Waals surface area contributed by atoms with Crippen molar-refractivity contribution in [1.82, 2.24) is 0 Å². The second-order valence-electron chi connectivity index (χ2n) is 23.7. The first kappa shape index (κ1) is 135. The summed E-state index contributed by atoms with van der Waals surface area (Å²) in [6, 6.07) is 20.1. The van der Waals surface area contributed by atoms with Gasteiger partial charge in [0, 0.05) is 238 Å². The van der Waals surface area contributed by atoms with Crippen molar-refractivity contribution < 1.29 is 267 Å². The molecule has 0 amide bonds. The van der Waals surface area contributed by atoms with E-state index in [0.717, 1.165) is 67.3 Å².